The molecule has 0 saturated carbocycles. The van der Waals surface area contributed by atoms with Crippen LogP contribution in [-0.4, -0.2) is 60.8 Å². The summed E-state index contributed by atoms with van der Waals surface area (Å²) in [6, 6.07) is -0.705. The highest BCUT2D eigenvalue weighted by Gasteiger charge is 2.20. The second kappa shape index (κ2) is 35.7. The van der Waals surface area contributed by atoms with Gasteiger partial charge in [-0.3, -0.25) is 19.2 Å². The summed E-state index contributed by atoms with van der Waals surface area (Å²) in [7, 11) is 0. The van der Waals surface area contributed by atoms with Gasteiger partial charge in [0.15, 0.2) is 0 Å². The van der Waals surface area contributed by atoms with Gasteiger partial charge in [-0.2, -0.15) is 0 Å². The lowest BCUT2D eigenvalue weighted by atomic mass is 10.0. The zero-order valence-electron chi connectivity index (χ0n) is 32.0. The lowest BCUT2D eigenvalue weighted by Gasteiger charge is -2.21. The number of carbonyl (C=O) groups is 4. The van der Waals surface area contributed by atoms with Gasteiger partial charge >= 0.3 is 17.9 Å². The van der Waals surface area contributed by atoms with Gasteiger partial charge in [0.1, 0.15) is 19.3 Å². The minimum atomic E-state index is -1.13. The van der Waals surface area contributed by atoms with Crippen LogP contribution < -0.4 is 10.6 Å². The van der Waals surface area contributed by atoms with Crippen LogP contribution in [0.3, 0.4) is 0 Å². The molecule has 0 bridgehead atoms. The smallest absolute Gasteiger partial charge is 0.322 e. The van der Waals surface area contributed by atoms with Gasteiger partial charge in [0, 0.05) is 19.4 Å². The third kappa shape index (κ3) is 34.1. The average Bonchev–Trinajstić information content (AvgIpc) is 3.08. The Balaban J connectivity index is 4.29. The number of carboxylic acid groups (broad SMARTS) is 1. The van der Waals surface area contributed by atoms with E-state index in [1.807, 2.05) is 0 Å². The summed E-state index contributed by atoms with van der Waals surface area (Å²) >= 11 is 0. The predicted molar refractivity (Wildman–Crippen MR) is 200 cm³/mol. The number of amides is 1. The average molecular weight is 697 g/mol. The zero-order valence-corrected chi connectivity index (χ0v) is 32.0. The van der Waals surface area contributed by atoms with Crippen LogP contribution in [-0.2, 0) is 28.7 Å². The Morgan fingerprint density at radius 3 is 1.31 bits per heavy atom. The molecule has 0 aliphatic heterocycles. The van der Waals surface area contributed by atoms with E-state index in [1.54, 1.807) is 6.92 Å². The topological polar surface area (TPSA) is 131 Å². The number of carboxylic acids is 1. The Morgan fingerprint density at radius 1 is 0.551 bits per heavy atom. The molecule has 9 heteroatoms. The monoisotopic (exact) mass is 697 g/mol. The van der Waals surface area contributed by atoms with Gasteiger partial charge in [-0.05, 0) is 19.8 Å². The van der Waals surface area contributed by atoms with E-state index in [0.29, 0.717) is 12.8 Å². The molecule has 49 heavy (non-hydrogen) atoms. The number of unbranched alkanes of at least 4 members (excludes halogenated alkanes) is 24. The first-order valence-corrected chi connectivity index (χ1v) is 20.4. The van der Waals surface area contributed by atoms with Gasteiger partial charge in [-0.25, -0.2) is 0 Å². The van der Waals surface area contributed by atoms with Crippen LogP contribution in [0.1, 0.15) is 201 Å². The second-order valence-electron chi connectivity index (χ2n) is 14.0. The molecule has 9 nitrogen and oxygen atoms in total. The molecule has 0 radical (unpaired) electrons. The highest BCUT2D eigenvalue weighted by Crippen LogP contribution is 2.15. The number of rotatable bonds is 37. The number of aliphatic carboxylic acids is 1. The van der Waals surface area contributed by atoms with E-state index < -0.39 is 30.6 Å². The van der Waals surface area contributed by atoms with E-state index in [9.17, 15) is 19.2 Å². The highest BCUT2D eigenvalue weighted by molar-refractivity contribution is 5.84. The Kier molecular flexibility index (Phi) is 34.1. The molecule has 0 aliphatic carbocycles. The zero-order chi connectivity index (χ0) is 36.2. The molecule has 0 spiro atoms. The number of esters is 2. The molecule has 0 saturated heterocycles. The van der Waals surface area contributed by atoms with E-state index in [2.05, 4.69) is 24.5 Å². The Labute approximate surface area is 300 Å². The molecule has 0 rings (SSSR count). The fraction of sp³-hybridized carbons (Fsp3) is 0.900. The molecule has 1 amide bonds. The maximum atomic E-state index is 12.6. The normalized spacial score (nSPS) is 12.4. The lowest BCUT2D eigenvalue weighted by molar-refractivity contribution is -0.159. The van der Waals surface area contributed by atoms with Crippen LogP contribution in [0, 0.1) is 0 Å². The quantitative estimate of drug-likeness (QED) is 0.0432. The number of hydrogen-bond donors (Lipinski definition) is 3. The molecule has 0 fully saturated rings. The lowest BCUT2D eigenvalue weighted by Crippen LogP contribution is -2.47. The summed E-state index contributed by atoms with van der Waals surface area (Å²) < 4.78 is 11.1. The Hall–Kier alpha value is -2.16. The van der Waals surface area contributed by atoms with E-state index in [0.717, 1.165) is 38.5 Å². The van der Waals surface area contributed by atoms with Gasteiger partial charge in [-0.1, -0.05) is 168 Å². The largest absolute Gasteiger partial charge is 0.480 e. The summed E-state index contributed by atoms with van der Waals surface area (Å²) in [6.45, 7) is 5.65. The minimum Gasteiger partial charge on any atom is -0.480 e. The number of ether oxygens (including phenoxy) is 2. The molecule has 3 N–H and O–H groups in total. The predicted octanol–water partition coefficient (Wildman–Crippen LogP) is 9.58. The third-order valence-electron chi connectivity index (χ3n) is 9.16. The summed E-state index contributed by atoms with van der Waals surface area (Å²) in [5.74, 6) is -2.26. The summed E-state index contributed by atoms with van der Waals surface area (Å²) in [6.07, 6.45) is 31.9. The van der Waals surface area contributed by atoms with Crippen molar-refractivity contribution in [2.75, 3.05) is 19.7 Å². The van der Waals surface area contributed by atoms with Gasteiger partial charge in [0.2, 0.25) is 5.91 Å². The van der Waals surface area contributed by atoms with E-state index in [1.165, 1.54) is 128 Å². The molecule has 0 aliphatic rings. The molecular weight excluding hydrogens is 620 g/mol. The van der Waals surface area contributed by atoms with Gasteiger partial charge in [0.25, 0.3) is 0 Å². The van der Waals surface area contributed by atoms with Crippen molar-refractivity contribution in [2.45, 2.75) is 213 Å². The van der Waals surface area contributed by atoms with Crippen molar-refractivity contribution in [3.05, 3.63) is 0 Å². The first-order chi connectivity index (χ1) is 23.8. The van der Waals surface area contributed by atoms with Crippen LogP contribution in [0.4, 0.5) is 0 Å². The fourth-order valence-electron chi connectivity index (χ4n) is 5.93. The molecule has 0 aromatic heterocycles. The fourth-order valence-corrected chi connectivity index (χ4v) is 5.93. The van der Waals surface area contributed by atoms with E-state index in [-0.39, 0.29) is 25.1 Å². The van der Waals surface area contributed by atoms with Crippen molar-refractivity contribution in [3.63, 3.8) is 0 Å². The summed E-state index contributed by atoms with van der Waals surface area (Å²) in [4.78, 5) is 48.0. The van der Waals surface area contributed by atoms with E-state index >= 15 is 0 Å². The summed E-state index contributed by atoms with van der Waals surface area (Å²) in [5.41, 5.74) is 0. The molecule has 2 atom stereocenters. The standard InChI is InChI=1S/C40H76N2O7/c1-4-6-8-10-12-14-16-18-20-22-24-26-28-30-38(45)48-34-36(32-41-35(3)40(47)42-33-37(43)44)49-39(46)31-29-27-25-23-21-19-17-15-13-11-9-7-5-2/h35-36,41H,4-34H2,1-3H3,(H,42,47)(H,43,44)/t35-,36?/m0/s1. The number of nitrogens with one attached hydrogen (secondary N) is 2. The number of carbonyl (C=O) groups excluding carboxylic acids is 3. The van der Waals surface area contributed by atoms with E-state index in [4.69, 9.17) is 14.6 Å². The van der Waals surface area contributed by atoms with Crippen molar-refractivity contribution in [1.82, 2.24) is 10.6 Å². The Bertz CT molecular complexity index is 807. The molecule has 0 aromatic carbocycles. The second-order valence-corrected chi connectivity index (χ2v) is 14.0. The van der Waals surface area contributed by atoms with Crippen LogP contribution in [0.5, 0.6) is 0 Å². The minimum absolute atomic E-state index is 0.0852. The van der Waals surface area contributed by atoms with Crippen LogP contribution in [0.15, 0.2) is 0 Å². The molecule has 0 aromatic rings. The first kappa shape index (κ1) is 46.8. The highest BCUT2D eigenvalue weighted by atomic mass is 16.6. The van der Waals surface area contributed by atoms with Gasteiger partial charge in [-0.15, -0.1) is 0 Å². The van der Waals surface area contributed by atoms with Crippen LogP contribution >= 0.6 is 0 Å². The molecule has 288 valence electrons. The van der Waals surface area contributed by atoms with Crippen molar-refractivity contribution < 1.29 is 33.8 Å². The SMILES string of the molecule is CCCCCCCCCCCCCCCC(=O)OCC(CN[C@@H](C)C(=O)NCC(=O)O)OC(=O)CCCCCCCCCCCCCCC. The molecule has 0 heterocycles. The van der Waals surface area contributed by atoms with Crippen molar-refractivity contribution in [2.24, 2.45) is 0 Å². The van der Waals surface area contributed by atoms with Gasteiger partial charge < -0.3 is 25.2 Å². The van der Waals surface area contributed by atoms with Gasteiger partial charge in [0.05, 0.1) is 6.04 Å². The molecular formula is C40H76N2O7. The van der Waals surface area contributed by atoms with Crippen molar-refractivity contribution in [1.29, 1.82) is 0 Å². The first-order valence-electron chi connectivity index (χ1n) is 20.4. The maximum Gasteiger partial charge on any atom is 0.322 e. The number of hydrogen-bond acceptors (Lipinski definition) is 7. The summed E-state index contributed by atoms with van der Waals surface area (Å²) in [5, 5.41) is 14.1. The van der Waals surface area contributed by atoms with Crippen LogP contribution in [0.25, 0.3) is 0 Å². The van der Waals surface area contributed by atoms with Crippen LogP contribution in [0.2, 0.25) is 0 Å². The molecule has 1 unspecified atom stereocenters. The Morgan fingerprint density at radius 2 is 0.918 bits per heavy atom. The van der Waals surface area contributed by atoms with Crippen molar-refractivity contribution >= 4 is 23.8 Å². The third-order valence-corrected chi connectivity index (χ3v) is 9.16. The van der Waals surface area contributed by atoms with Crippen molar-refractivity contribution in [3.8, 4) is 0 Å². The maximum absolute atomic E-state index is 12.6.